The predicted molar refractivity (Wildman–Crippen MR) is 75.2 cm³/mol. The molecule has 2 N–H and O–H groups in total. The van der Waals surface area contributed by atoms with Crippen LogP contribution < -0.4 is 5.32 Å². The van der Waals surface area contributed by atoms with Gasteiger partial charge >= 0.3 is 5.97 Å². The lowest BCUT2D eigenvalue weighted by atomic mass is 9.99. The van der Waals surface area contributed by atoms with E-state index in [9.17, 15) is 9.59 Å². The number of hydrogen-bond acceptors (Lipinski definition) is 4. The molecule has 112 valence electrons. The molecule has 0 fully saturated rings. The molecule has 2 rings (SSSR count). The quantitative estimate of drug-likeness (QED) is 0.826. The Morgan fingerprint density at radius 1 is 1.48 bits per heavy atom. The molecule has 0 aliphatic heterocycles. The van der Waals surface area contributed by atoms with E-state index in [4.69, 9.17) is 9.84 Å². The fraction of sp³-hybridized carbons (Fsp3) is 0.357. The third-order valence-electron chi connectivity index (χ3n) is 3.02. The number of hydrogen-bond donors (Lipinski definition) is 2. The molecular weight excluding hydrogens is 274 g/mol. The van der Waals surface area contributed by atoms with Gasteiger partial charge < -0.3 is 19.6 Å². The van der Waals surface area contributed by atoms with Crippen LogP contribution in [0.3, 0.4) is 0 Å². The number of carbonyl (C=O) groups excluding carboxylic acids is 1. The zero-order valence-corrected chi connectivity index (χ0v) is 11.9. The van der Waals surface area contributed by atoms with Gasteiger partial charge in [0.15, 0.2) is 0 Å². The van der Waals surface area contributed by atoms with Crippen molar-refractivity contribution in [3.8, 4) is 0 Å². The minimum Gasteiger partial charge on any atom is -0.481 e. The van der Waals surface area contributed by atoms with E-state index in [1.54, 1.807) is 29.8 Å². The summed E-state index contributed by atoms with van der Waals surface area (Å²) in [5.74, 6) is -1.44. The maximum absolute atomic E-state index is 12.3. The molecule has 7 heteroatoms. The number of amides is 1. The summed E-state index contributed by atoms with van der Waals surface area (Å²) in [6.07, 6.45) is 3.14. The summed E-state index contributed by atoms with van der Waals surface area (Å²) in [5.41, 5.74) is -0.115. The number of carboxylic acid groups (broad SMARTS) is 1. The van der Waals surface area contributed by atoms with Crippen LogP contribution in [-0.4, -0.2) is 45.6 Å². The van der Waals surface area contributed by atoms with E-state index in [1.165, 1.54) is 7.11 Å². The lowest BCUT2D eigenvalue weighted by molar-refractivity contribution is -0.139. The van der Waals surface area contributed by atoms with Gasteiger partial charge in [0.05, 0.1) is 18.6 Å². The zero-order valence-electron chi connectivity index (χ0n) is 11.9. The lowest BCUT2D eigenvalue weighted by Crippen LogP contribution is -2.50. The van der Waals surface area contributed by atoms with Crippen LogP contribution in [0.15, 0.2) is 30.6 Å². The Bertz CT molecular complexity index is 634. The first-order valence-electron chi connectivity index (χ1n) is 6.40. The summed E-state index contributed by atoms with van der Waals surface area (Å²) in [5, 5.41) is 11.6. The van der Waals surface area contributed by atoms with Crippen LogP contribution in [0.2, 0.25) is 0 Å². The average Bonchev–Trinajstić information content (AvgIpc) is 2.81. The van der Waals surface area contributed by atoms with Crippen molar-refractivity contribution in [3.05, 3.63) is 36.3 Å². The number of aliphatic carboxylic acids is 1. The van der Waals surface area contributed by atoms with Gasteiger partial charge in [-0.3, -0.25) is 9.59 Å². The molecule has 2 aromatic rings. The van der Waals surface area contributed by atoms with Gasteiger partial charge in [0.1, 0.15) is 11.3 Å². The van der Waals surface area contributed by atoms with Gasteiger partial charge in [0.25, 0.3) is 5.91 Å². The number of carbonyl (C=O) groups is 2. The van der Waals surface area contributed by atoms with Crippen LogP contribution >= 0.6 is 0 Å². The molecule has 7 nitrogen and oxygen atoms in total. The van der Waals surface area contributed by atoms with Crippen LogP contribution in [0.1, 0.15) is 23.8 Å². The fourth-order valence-corrected chi connectivity index (χ4v) is 2.17. The molecule has 2 heterocycles. The number of fused-ring (bicyclic) bond motifs is 1. The van der Waals surface area contributed by atoms with Crippen molar-refractivity contribution < 1.29 is 19.4 Å². The maximum atomic E-state index is 12.3. The number of aromatic nitrogens is 2. The summed E-state index contributed by atoms with van der Waals surface area (Å²) in [7, 11) is 1.46. The SMILES string of the molecule is COCC(C)(CC(=O)O)NC(=O)c1cn2ccccc2n1. The van der Waals surface area contributed by atoms with E-state index in [-0.39, 0.29) is 18.7 Å². The molecule has 0 aliphatic rings. The number of ether oxygens (including phenoxy) is 1. The van der Waals surface area contributed by atoms with Crippen LogP contribution in [0.5, 0.6) is 0 Å². The molecule has 21 heavy (non-hydrogen) atoms. The van der Waals surface area contributed by atoms with Crippen LogP contribution in [0.25, 0.3) is 5.65 Å². The summed E-state index contributed by atoms with van der Waals surface area (Å²) < 4.78 is 6.72. The predicted octanol–water partition coefficient (Wildman–Crippen LogP) is 0.944. The second-order valence-electron chi connectivity index (χ2n) is 5.11. The molecule has 0 spiro atoms. The molecule has 1 unspecified atom stereocenters. The molecular formula is C14H17N3O4. The van der Waals surface area contributed by atoms with Crippen molar-refractivity contribution >= 4 is 17.5 Å². The normalized spacial score (nSPS) is 13.8. The van der Waals surface area contributed by atoms with Crippen molar-refractivity contribution in [2.45, 2.75) is 18.9 Å². The number of rotatable bonds is 6. The standard InChI is InChI=1S/C14H17N3O4/c1-14(9-21-2,7-12(18)19)16-13(20)10-8-17-6-4-3-5-11(17)15-10/h3-6,8H,7,9H2,1-2H3,(H,16,20)(H,18,19). The first kappa shape index (κ1) is 15.0. The highest BCUT2D eigenvalue weighted by molar-refractivity contribution is 5.93. The molecule has 1 amide bonds. The monoisotopic (exact) mass is 291 g/mol. The lowest BCUT2D eigenvalue weighted by Gasteiger charge is -2.28. The molecule has 1 atom stereocenters. The number of methoxy groups -OCH3 is 1. The third kappa shape index (κ3) is 3.57. The average molecular weight is 291 g/mol. The van der Waals surface area contributed by atoms with Gasteiger partial charge in [-0.05, 0) is 19.1 Å². The number of imidazole rings is 1. The Morgan fingerprint density at radius 2 is 2.24 bits per heavy atom. The van der Waals surface area contributed by atoms with Gasteiger partial charge in [-0.15, -0.1) is 0 Å². The second kappa shape index (κ2) is 5.92. The molecule has 0 radical (unpaired) electrons. The Balaban J connectivity index is 2.19. The molecule has 0 bridgehead atoms. The molecule has 0 saturated carbocycles. The zero-order chi connectivity index (χ0) is 15.5. The van der Waals surface area contributed by atoms with Gasteiger partial charge in [-0.1, -0.05) is 6.07 Å². The highest BCUT2D eigenvalue weighted by atomic mass is 16.5. The third-order valence-corrected chi connectivity index (χ3v) is 3.02. The summed E-state index contributed by atoms with van der Waals surface area (Å²) in [4.78, 5) is 27.4. The van der Waals surface area contributed by atoms with Crippen molar-refractivity contribution in [3.63, 3.8) is 0 Å². The second-order valence-corrected chi connectivity index (χ2v) is 5.11. The fourth-order valence-electron chi connectivity index (χ4n) is 2.17. The Kier molecular flexibility index (Phi) is 4.23. The number of carboxylic acids is 1. The van der Waals surface area contributed by atoms with Crippen molar-refractivity contribution in [2.75, 3.05) is 13.7 Å². The Hall–Kier alpha value is -2.41. The van der Waals surface area contributed by atoms with Gasteiger partial charge in [0.2, 0.25) is 0 Å². The number of pyridine rings is 1. The maximum Gasteiger partial charge on any atom is 0.305 e. The van der Waals surface area contributed by atoms with Gasteiger partial charge in [0, 0.05) is 19.5 Å². The smallest absolute Gasteiger partial charge is 0.305 e. The molecule has 2 aromatic heterocycles. The first-order chi connectivity index (χ1) is 9.93. The van der Waals surface area contributed by atoms with E-state index in [2.05, 4.69) is 10.3 Å². The van der Waals surface area contributed by atoms with E-state index in [0.29, 0.717) is 5.65 Å². The van der Waals surface area contributed by atoms with Crippen molar-refractivity contribution in [1.29, 1.82) is 0 Å². The summed E-state index contributed by atoms with van der Waals surface area (Å²) >= 11 is 0. The number of nitrogens with one attached hydrogen (secondary N) is 1. The molecule has 0 aliphatic carbocycles. The van der Waals surface area contributed by atoms with E-state index < -0.39 is 17.4 Å². The summed E-state index contributed by atoms with van der Waals surface area (Å²) in [6.45, 7) is 1.72. The van der Waals surface area contributed by atoms with Gasteiger partial charge in [-0.2, -0.15) is 0 Å². The van der Waals surface area contributed by atoms with Crippen LogP contribution in [-0.2, 0) is 9.53 Å². The van der Waals surface area contributed by atoms with Gasteiger partial charge in [-0.25, -0.2) is 4.98 Å². The molecule has 0 aromatic carbocycles. The Labute approximate surface area is 121 Å². The minimum atomic E-state index is -1.01. The largest absolute Gasteiger partial charge is 0.481 e. The first-order valence-corrected chi connectivity index (χ1v) is 6.40. The van der Waals surface area contributed by atoms with Crippen molar-refractivity contribution in [2.24, 2.45) is 0 Å². The Morgan fingerprint density at radius 3 is 2.86 bits per heavy atom. The number of nitrogens with zero attached hydrogens (tertiary/aromatic N) is 2. The van der Waals surface area contributed by atoms with E-state index >= 15 is 0 Å². The minimum absolute atomic E-state index is 0.0956. The highest BCUT2D eigenvalue weighted by Crippen LogP contribution is 2.12. The van der Waals surface area contributed by atoms with Crippen LogP contribution in [0, 0.1) is 0 Å². The highest BCUT2D eigenvalue weighted by Gasteiger charge is 2.30. The van der Waals surface area contributed by atoms with E-state index in [1.807, 2.05) is 12.1 Å². The summed E-state index contributed by atoms with van der Waals surface area (Å²) in [6, 6.07) is 5.43. The molecule has 0 saturated heterocycles. The topological polar surface area (TPSA) is 92.9 Å². The van der Waals surface area contributed by atoms with Crippen LogP contribution in [0.4, 0.5) is 0 Å². The van der Waals surface area contributed by atoms with E-state index in [0.717, 1.165) is 0 Å². The van der Waals surface area contributed by atoms with Crippen molar-refractivity contribution in [1.82, 2.24) is 14.7 Å².